The van der Waals surface area contributed by atoms with Gasteiger partial charge in [-0.05, 0) is 33.6 Å². The third-order valence-corrected chi connectivity index (χ3v) is 2.81. The van der Waals surface area contributed by atoms with Gasteiger partial charge in [-0.25, -0.2) is 4.58 Å². The van der Waals surface area contributed by atoms with Crippen molar-refractivity contribution < 1.29 is 4.58 Å². The smallest absolute Gasteiger partial charge is 0.149 e. The first-order valence-electron chi connectivity index (χ1n) is 6.28. The zero-order chi connectivity index (χ0) is 11.7. The largest absolute Gasteiger partial charge is 0.240 e. The summed E-state index contributed by atoms with van der Waals surface area (Å²) >= 11 is 0. The summed E-state index contributed by atoms with van der Waals surface area (Å²) in [5.74, 6) is 0. The SMILES string of the molecule is C=[N+](CCCCC)C(C)CCC=C(C)C. The first kappa shape index (κ1) is 14.4. The molecule has 0 spiro atoms. The van der Waals surface area contributed by atoms with Gasteiger partial charge in [0.05, 0.1) is 0 Å². The van der Waals surface area contributed by atoms with E-state index in [2.05, 4.69) is 45.1 Å². The highest BCUT2D eigenvalue weighted by atomic mass is 15.0. The van der Waals surface area contributed by atoms with Crippen LogP contribution in [0.1, 0.15) is 59.8 Å². The average Bonchev–Trinajstić information content (AvgIpc) is 2.17. The maximum atomic E-state index is 4.12. The molecular formula is C14H28N+. The van der Waals surface area contributed by atoms with Crippen molar-refractivity contribution in [1.82, 2.24) is 0 Å². The van der Waals surface area contributed by atoms with Crippen molar-refractivity contribution in [3.63, 3.8) is 0 Å². The maximum Gasteiger partial charge on any atom is 0.149 e. The number of hydrogen-bond donors (Lipinski definition) is 0. The molecular weight excluding hydrogens is 182 g/mol. The summed E-state index contributed by atoms with van der Waals surface area (Å²) in [6.45, 7) is 14.1. The highest BCUT2D eigenvalue weighted by molar-refractivity contribution is 5.14. The van der Waals surface area contributed by atoms with Crippen LogP contribution in [0.2, 0.25) is 0 Å². The predicted octanol–water partition coefficient (Wildman–Crippen LogP) is 4.02. The van der Waals surface area contributed by atoms with Crippen LogP contribution in [-0.4, -0.2) is 23.9 Å². The molecule has 0 fully saturated rings. The molecule has 0 aromatic rings. The van der Waals surface area contributed by atoms with Gasteiger partial charge in [0, 0.05) is 12.8 Å². The van der Waals surface area contributed by atoms with E-state index in [1.165, 1.54) is 37.7 Å². The molecule has 0 aliphatic rings. The molecule has 1 heteroatoms. The first-order chi connectivity index (χ1) is 7.07. The molecule has 0 aromatic carbocycles. The molecule has 0 saturated heterocycles. The Kier molecular flexibility index (Phi) is 8.35. The zero-order valence-corrected chi connectivity index (χ0v) is 11.1. The van der Waals surface area contributed by atoms with Gasteiger partial charge >= 0.3 is 0 Å². The van der Waals surface area contributed by atoms with Crippen molar-refractivity contribution in [3.8, 4) is 0 Å². The standard InChI is InChI=1S/C14H28N/c1-6-7-8-12-15(5)14(4)11-9-10-13(2)3/h10,14H,5-9,11-12H2,1-4H3/q+1. The van der Waals surface area contributed by atoms with E-state index in [0.29, 0.717) is 6.04 Å². The fraction of sp³-hybridized carbons (Fsp3) is 0.786. The van der Waals surface area contributed by atoms with Crippen LogP contribution in [0.5, 0.6) is 0 Å². The van der Waals surface area contributed by atoms with Gasteiger partial charge < -0.3 is 0 Å². The number of allylic oxidation sites excluding steroid dienone is 2. The molecule has 0 rings (SSSR count). The Balaban J connectivity index is 3.64. The first-order valence-corrected chi connectivity index (χ1v) is 6.28. The second-order valence-electron chi connectivity index (χ2n) is 4.73. The Morgan fingerprint density at radius 3 is 2.53 bits per heavy atom. The Bertz CT molecular complexity index is 199. The van der Waals surface area contributed by atoms with E-state index in [1.54, 1.807) is 0 Å². The lowest BCUT2D eigenvalue weighted by Crippen LogP contribution is -2.22. The van der Waals surface area contributed by atoms with Crippen molar-refractivity contribution in [2.75, 3.05) is 6.54 Å². The summed E-state index contributed by atoms with van der Waals surface area (Å²) in [5, 5.41) is 0. The van der Waals surface area contributed by atoms with E-state index >= 15 is 0 Å². The van der Waals surface area contributed by atoms with Crippen LogP contribution in [-0.2, 0) is 0 Å². The Labute approximate surface area is 95.9 Å². The summed E-state index contributed by atoms with van der Waals surface area (Å²) < 4.78 is 2.24. The van der Waals surface area contributed by atoms with E-state index in [4.69, 9.17) is 0 Å². The molecule has 0 bridgehead atoms. The Morgan fingerprint density at radius 2 is 2.00 bits per heavy atom. The summed E-state index contributed by atoms with van der Waals surface area (Å²) in [7, 11) is 0. The van der Waals surface area contributed by atoms with Crippen LogP contribution in [0, 0.1) is 0 Å². The normalized spacial score (nSPS) is 12.3. The van der Waals surface area contributed by atoms with Gasteiger partial charge in [-0.2, -0.15) is 0 Å². The van der Waals surface area contributed by atoms with Crippen molar-refractivity contribution in [2.24, 2.45) is 0 Å². The zero-order valence-electron chi connectivity index (χ0n) is 11.1. The fourth-order valence-electron chi connectivity index (χ4n) is 1.58. The molecule has 0 radical (unpaired) electrons. The van der Waals surface area contributed by atoms with Gasteiger partial charge in [0.15, 0.2) is 0 Å². The molecule has 1 unspecified atom stereocenters. The van der Waals surface area contributed by atoms with E-state index in [0.717, 1.165) is 6.54 Å². The topological polar surface area (TPSA) is 3.01 Å². The van der Waals surface area contributed by atoms with Gasteiger partial charge in [0.1, 0.15) is 19.3 Å². The highest BCUT2D eigenvalue weighted by Gasteiger charge is 2.10. The van der Waals surface area contributed by atoms with Crippen LogP contribution in [0.15, 0.2) is 11.6 Å². The van der Waals surface area contributed by atoms with Crippen LogP contribution in [0.25, 0.3) is 0 Å². The van der Waals surface area contributed by atoms with Crippen LogP contribution >= 0.6 is 0 Å². The van der Waals surface area contributed by atoms with Gasteiger partial charge in [-0.3, -0.25) is 0 Å². The van der Waals surface area contributed by atoms with E-state index in [9.17, 15) is 0 Å². The minimum atomic E-state index is 0.609. The lowest BCUT2D eigenvalue weighted by atomic mass is 10.1. The summed E-state index contributed by atoms with van der Waals surface area (Å²) in [4.78, 5) is 0. The molecule has 0 N–H and O–H groups in total. The molecule has 0 aliphatic heterocycles. The fourth-order valence-corrected chi connectivity index (χ4v) is 1.58. The van der Waals surface area contributed by atoms with E-state index < -0.39 is 0 Å². The number of hydrogen-bond acceptors (Lipinski definition) is 0. The monoisotopic (exact) mass is 210 g/mol. The number of unbranched alkanes of at least 4 members (excludes halogenated alkanes) is 2. The molecule has 0 aliphatic carbocycles. The molecule has 0 amide bonds. The quantitative estimate of drug-likeness (QED) is 0.246. The van der Waals surface area contributed by atoms with Crippen LogP contribution < -0.4 is 0 Å². The Morgan fingerprint density at radius 1 is 1.33 bits per heavy atom. The minimum Gasteiger partial charge on any atom is -0.240 e. The molecule has 15 heavy (non-hydrogen) atoms. The van der Waals surface area contributed by atoms with Gasteiger partial charge in [-0.15, -0.1) is 0 Å². The van der Waals surface area contributed by atoms with Crippen LogP contribution in [0.4, 0.5) is 0 Å². The minimum absolute atomic E-state index is 0.609. The van der Waals surface area contributed by atoms with Gasteiger partial charge in [-0.1, -0.05) is 25.0 Å². The summed E-state index contributed by atoms with van der Waals surface area (Å²) in [6.07, 6.45) is 8.63. The third-order valence-electron chi connectivity index (χ3n) is 2.81. The second kappa shape index (κ2) is 8.70. The highest BCUT2D eigenvalue weighted by Crippen LogP contribution is 2.05. The third kappa shape index (κ3) is 8.41. The molecule has 0 saturated carbocycles. The number of rotatable bonds is 8. The molecule has 0 aromatic heterocycles. The molecule has 1 nitrogen and oxygen atoms in total. The van der Waals surface area contributed by atoms with E-state index in [-0.39, 0.29) is 0 Å². The van der Waals surface area contributed by atoms with Crippen LogP contribution in [0.3, 0.4) is 0 Å². The van der Waals surface area contributed by atoms with Crippen molar-refractivity contribution in [3.05, 3.63) is 11.6 Å². The average molecular weight is 210 g/mol. The lowest BCUT2D eigenvalue weighted by Gasteiger charge is -2.09. The van der Waals surface area contributed by atoms with Gasteiger partial charge in [0.25, 0.3) is 0 Å². The summed E-state index contributed by atoms with van der Waals surface area (Å²) in [5.41, 5.74) is 1.42. The predicted molar refractivity (Wildman–Crippen MR) is 69.9 cm³/mol. The lowest BCUT2D eigenvalue weighted by molar-refractivity contribution is -0.555. The van der Waals surface area contributed by atoms with E-state index in [1.807, 2.05) is 0 Å². The Hall–Kier alpha value is -0.590. The van der Waals surface area contributed by atoms with Crippen molar-refractivity contribution in [2.45, 2.75) is 65.8 Å². The van der Waals surface area contributed by atoms with Gasteiger partial charge in [0.2, 0.25) is 0 Å². The van der Waals surface area contributed by atoms with Crippen molar-refractivity contribution >= 4 is 6.72 Å². The number of nitrogens with zero attached hydrogens (tertiary/aromatic N) is 1. The van der Waals surface area contributed by atoms with Crippen molar-refractivity contribution in [1.29, 1.82) is 0 Å². The second-order valence-corrected chi connectivity index (χ2v) is 4.73. The molecule has 88 valence electrons. The summed E-state index contributed by atoms with van der Waals surface area (Å²) in [6, 6.07) is 0.609. The molecule has 1 atom stereocenters. The maximum absolute atomic E-state index is 4.12. The molecule has 0 heterocycles.